The SMILES string of the molecule is COc1ccc(SCCC(=O)OC2CCCCC2)cc1. The summed E-state index contributed by atoms with van der Waals surface area (Å²) in [6, 6.07) is 7.89. The molecule has 1 saturated carbocycles. The molecular formula is C16H22O3S. The van der Waals surface area contributed by atoms with Crippen LogP contribution in [0.15, 0.2) is 29.2 Å². The van der Waals surface area contributed by atoms with Crippen molar-refractivity contribution in [2.24, 2.45) is 0 Å². The summed E-state index contributed by atoms with van der Waals surface area (Å²) in [4.78, 5) is 12.9. The highest BCUT2D eigenvalue weighted by Crippen LogP contribution is 2.23. The Morgan fingerprint density at radius 3 is 2.55 bits per heavy atom. The van der Waals surface area contributed by atoms with E-state index in [4.69, 9.17) is 9.47 Å². The minimum Gasteiger partial charge on any atom is -0.497 e. The number of hydrogen-bond acceptors (Lipinski definition) is 4. The molecule has 1 aromatic rings. The third-order valence-corrected chi connectivity index (χ3v) is 4.50. The van der Waals surface area contributed by atoms with Crippen molar-refractivity contribution in [2.45, 2.75) is 49.5 Å². The summed E-state index contributed by atoms with van der Waals surface area (Å²) in [6.45, 7) is 0. The van der Waals surface area contributed by atoms with Gasteiger partial charge in [0, 0.05) is 10.6 Å². The highest BCUT2D eigenvalue weighted by Gasteiger charge is 2.17. The number of carbonyl (C=O) groups excluding carboxylic acids is 1. The predicted octanol–water partition coefficient (Wildman–Crippen LogP) is 4.05. The van der Waals surface area contributed by atoms with Crippen LogP contribution < -0.4 is 4.74 Å². The molecule has 2 rings (SSSR count). The maximum atomic E-state index is 11.7. The summed E-state index contributed by atoms with van der Waals surface area (Å²) >= 11 is 1.67. The van der Waals surface area contributed by atoms with E-state index >= 15 is 0 Å². The van der Waals surface area contributed by atoms with Crippen LogP contribution in [0.1, 0.15) is 38.5 Å². The molecule has 1 aromatic carbocycles. The molecule has 0 N–H and O–H groups in total. The first-order valence-electron chi connectivity index (χ1n) is 7.24. The van der Waals surface area contributed by atoms with Crippen LogP contribution >= 0.6 is 11.8 Å². The van der Waals surface area contributed by atoms with E-state index in [-0.39, 0.29) is 12.1 Å². The smallest absolute Gasteiger partial charge is 0.306 e. The number of benzene rings is 1. The summed E-state index contributed by atoms with van der Waals surface area (Å²) in [7, 11) is 1.66. The molecule has 0 unspecified atom stereocenters. The first-order valence-corrected chi connectivity index (χ1v) is 8.23. The first-order chi connectivity index (χ1) is 9.78. The fraction of sp³-hybridized carbons (Fsp3) is 0.562. The monoisotopic (exact) mass is 294 g/mol. The van der Waals surface area contributed by atoms with Gasteiger partial charge in [-0.15, -0.1) is 11.8 Å². The van der Waals surface area contributed by atoms with E-state index in [0.29, 0.717) is 6.42 Å². The molecule has 4 heteroatoms. The number of ether oxygens (including phenoxy) is 2. The van der Waals surface area contributed by atoms with Gasteiger partial charge in [-0.1, -0.05) is 6.42 Å². The van der Waals surface area contributed by atoms with Gasteiger partial charge in [-0.25, -0.2) is 0 Å². The Kier molecular flexibility index (Phi) is 6.25. The van der Waals surface area contributed by atoms with Crippen LogP contribution in [-0.4, -0.2) is 24.9 Å². The Morgan fingerprint density at radius 2 is 1.90 bits per heavy atom. The second-order valence-electron chi connectivity index (χ2n) is 5.02. The van der Waals surface area contributed by atoms with Crippen molar-refractivity contribution in [1.29, 1.82) is 0 Å². The van der Waals surface area contributed by atoms with Crippen molar-refractivity contribution in [3.8, 4) is 5.75 Å². The average molecular weight is 294 g/mol. The number of methoxy groups -OCH3 is 1. The molecule has 0 aliphatic heterocycles. The van der Waals surface area contributed by atoms with E-state index in [1.807, 2.05) is 24.3 Å². The zero-order chi connectivity index (χ0) is 14.2. The molecule has 3 nitrogen and oxygen atoms in total. The molecule has 20 heavy (non-hydrogen) atoms. The van der Waals surface area contributed by atoms with Crippen LogP contribution in [0.2, 0.25) is 0 Å². The molecule has 0 bridgehead atoms. The largest absolute Gasteiger partial charge is 0.497 e. The van der Waals surface area contributed by atoms with Gasteiger partial charge in [0.25, 0.3) is 0 Å². The van der Waals surface area contributed by atoms with Gasteiger partial charge >= 0.3 is 5.97 Å². The molecule has 1 aliphatic carbocycles. The summed E-state index contributed by atoms with van der Waals surface area (Å²) in [5.41, 5.74) is 0. The maximum absolute atomic E-state index is 11.7. The topological polar surface area (TPSA) is 35.5 Å². The number of thioether (sulfide) groups is 1. The van der Waals surface area contributed by atoms with Crippen molar-refractivity contribution >= 4 is 17.7 Å². The summed E-state index contributed by atoms with van der Waals surface area (Å²) in [5, 5.41) is 0. The number of hydrogen-bond donors (Lipinski definition) is 0. The normalized spacial score (nSPS) is 15.8. The second-order valence-corrected chi connectivity index (χ2v) is 6.19. The Labute approximate surface area is 125 Å². The van der Waals surface area contributed by atoms with Gasteiger partial charge in [-0.05, 0) is 49.9 Å². The molecule has 0 atom stereocenters. The zero-order valence-electron chi connectivity index (χ0n) is 12.0. The van der Waals surface area contributed by atoms with Crippen molar-refractivity contribution in [3.05, 3.63) is 24.3 Å². The summed E-state index contributed by atoms with van der Waals surface area (Å²) in [6.07, 6.45) is 6.39. The lowest BCUT2D eigenvalue weighted by Gasteiger charge is -2.21. The number of esters is 1. The van der Waals surface area contributed by atoms with Crippen LogP contribution in [0, 0.1) is 0 Å². The molecule has 0 aromatic heterocycles. The molecule has 110 valence electrons. The number of rotatable bonds is 6. The third kappa shape index (κ3) is 5.08. The van der Waals surface area contributed by atoms with Crippen molar-refractivity contribution in [2.75, 3.05) is 12.9 Å². The standard InChI is InChI=1S/C16H22O3S/c1-18-13-7-9-15(10-8-13)20-12-11-16(17)19-14-5-3-2-4-6-14/h7-10,14H,2-6,11-12H2,1H3. The second kappa shape index (κ2) is 8.20. The van der Waals surface area contributed by atoms with Gasteiger partial charge in [0.2, 0.25) is 0 Å². The van der Waals surface area contributed by atoms with Crippen LogP contribution in [-0.2, 0) is 9.53 Å². The lowest BCUT2D eigenvalue weighted by atomic mass is 9.98. The highest BCUT2D eigenvalue weighted by atomic mass is 32.2. The Hall–Kier alpha value is -1.16. The van der Waals surface area contributed by atoms with E-state index in [2.05, 4.69) is 0 Å². The molecule has 1 aliphatic rings. The molecule has 0 amide bonds. The average Bonchev–Trinajstić information content (AvgIpc) is 2.49. The maximum Gasteiger partial charge on any atom is 0.306 e. The fourth-order valence-electron chi connectivity index (χ4n) is 2.35. The van der Waals surface area contributed by atoms with Gasteiger partial charge in [0.1, 0.15) is 11.9 Å². The van der Waals surface area contributed by atoms with Gasteiger partial charge in [0.05, 0.1) is 13.5 Å². The molecule has 0 spiro atoms. The summed E-state index contributed by atoms with van der Waals surface area (Å²) in [5.74, 6) is 1.56. The van der Waals surface area contributed by atoms with Gasteiger partial charge in [-0.3, -0.25) is 4.79 Å². The quantitative estimate of drug-likeness (QED) is 0.585. The molecule has 1 fully saturated rings. The third-order valence-electron chi connectivity index (χ3n) is 3.48. The molecule has 0 heterocycles. The van der Waals surface area contributed by atoms with Crippen molar-refractivity contribution in [3.63, 3.8) is 0 Å². The molecular weight excluding hydrogens is 272 g/mol. The lowest BCUT2D eigenvalue weighted by molar-refractivity contribution is -0.149. The van der Waals surface area contributed by atoms with Crippen molar-refractivity contribution in [1.82, 2.24) is 0 Å². The molecule has 0 radical (unpaired) electrons. The van der Waals surface area contributed by atoms with Crippen LogP contribution in [0.25, 0.3) is 0 Å². The van der Waals surface area contributed by atoms with E-state index in [1.54, 1.807) is 18.9 Å². The van der Waals surface area contributed by atoms with Crippen LogP contribution in [0.4, 0.5) is 0 Å². The van der Waals surface area contributed by atoms with Crippen molar-refractivity contribution < 1.29 is 14.3 Å². The Morgan fingerprint density at radius 1 is 1.20 bits per heavy atom. The van der Waals surface area contributed by atoms with Gasteiger partial charge < -0.3 is 9.47 Å². The minimum atomic E-state index is -0.0575. The first kappa shape index (κ1) is 15.2. The Bertz CT molecular complexity index is 410. The Balaban J connectivity index is 1.65. The van der Waals surface area contributed by atoms with E-state index < -0.39 is 0 Å². The minimum absolute atomic E-state index is 0.0575. The van der Waals surface area contributed by atoms with Gasteiger partial charge in [-0.2, -0.15) is 0 Å². The van der Waals surface area contributed by atoms with Crippen LogP contribution in [0.3, 0.4) is 0 Å². The van der Waals surface area contributed by atoms with E-state index in [9.17, 15) is 4.79 Å². The fourth-order valence-corrected chi connectivity index (χ4v) is 3.18. The van der Waals surface area contributed by atoms with E-state index in [1.165, 1.54) is 19.3 Å². The highest BCUT2D eigenvalue weighted by molar-refractivity contribution is 7.99. The lowest BCUT2D eigenvalue weighted by Crippen LogP contribution is -2.21. The molecule has 0 saturated heterocycles. The zero-order valence-corrected chi connectivity index (χ0v) is 12.8. The van der Waals surface area contributed by atoms with Gasteiger partial charge in [0.15, 0.2) is 0 Å². The number of carbonyl (C=O) groups is 1. The predicted molar refractivity (Wildman–Crippen MR) is 81.3 cm³/mol. The summed E-state index contributed by atoms with van der Waals surface area (Å²) < 4.78 is 10.6. The van der Waals surface area contributed by atoms with E-state index in [0.717, 1.165) is 29.2 Å². The van der Waals surface area contributed by atoms with Crippen LogP contribution in [0.5, 0.6) is 5.75 Å².